The van der Waals surface area contributed by atoms with Crippen LogP contribution in [0, 0.1) is 5.92 Å². The van der Waals surface area contributed by atoms with Crippen LogP contribution >= 0.6 is 0 Å². The Balaban J connectivity index is 1.63. The summed E-state index contributed by atoms with van der Waals surface area (Å²) in [5.41, 5.74) is 0. The minimum Gasteiger partial charge on any atom is -0.392 e. The van der Waals surface area contributed by atoms with Crippen LogP contribution in [0.5, 0.6) is 0 Å². The number of likely N-dealkylation sites (N-methyl/N-ethyl adjacent to an activating group) is 1. The predicted octanol–water partition coefficient (Wildman–Crippen LogP) is 1.14. The van der Waals surface area contributed by atoms with E-state index in [1.807, 2.05) is 7.05 Å². The van der Waals surface area contributed by atoms with Gasteiger partial charge >= 0.3 is 0 Å². The standard InChI is InChI=1S/C14H26N2O2/c1-16-10-12(6-7-14(16)18)15-9-13(17)8-11-4-2-3-5-11/h11-13,15,17H,2-10H2,1H3. The molecule has 4 heteroatoms. The van der Waals surface area contributed by atoms with E-state index in [1.54, 1.807) is 4.90 Å². The van der Waals surface area contributed by atoms with Gasteiger partial charge in [0.05, 0.1) is 6.10 Å². The maximum absolute atomic E-state index is 11.4. The molecule has 1 saturated heterocycles. The number of carbonyl (C=O) groups is 1. The molecule has 2 rings (SSSR count). The van der Waals surface area contributed by atoms with Gasteiger partial charge < -0.3 is 15.3 Å². The highest BCUT2D eigenvalue weighted by Gasteiger charge is 2.24. The van der Waals surface area contributed by atoms with Crippen molar-refractivity contribution in [1.82, 2.24) is 10.2 Å². The van der Waals surface area contributed by atoms with Gasteiger partial charge in [-0.1, -0.05) is 25.7 Å². The number of piperidine rings is 1. The lowest BCUT2D eigenvalue weighted by atomic mass is 9.99. The van der Waals surface area contributed by atoms with Crippen molar-refractivity contribution in [3.63, 3.8) is 0 Å². The van der Waals surface area contributed by atoms with Gasteiger partial charge in [0.2, 0.25) is 5.91 Å². The van der Waals surface area contributed by atoms with E-state index in [4.69, 9.17) is 0 Å². The summed E-state index contributed by atoms with van der Waals surface area (Å²) < 4.78 is 0. The Bertz CT molecular complexity index is 277. The molecule has 1 aliphatic carbocycles. The van der Waals surface area contributed by atoms with Gasteiger partial charge in [0.25, 0.3) is 0 Å². The number of aliphatic hydroxyl groups is 1. The summed E-state index contributed by atoms with van der Waals surface area (Å²) in [7, 11) is 1.85. The highest BCUT2D eigenvalue weighted by Crippen LogP contribution is 2.28. The zero-order valence-corrected chi connectivity index (χ0v) is 11.4. The zero-order valence-electron chi connectivity index (χ0n) is 11.4. The SMILES string of the molecule is CN1CC(NCC(O)CC2CCCC2)CCC1=O. The highest BCUT2D eigenvalue weighted by molar-refractivity contribution is 5.76. The van der Waals surface area contributed by atoms with E-state index in [-0.39, 0.29) is 12.0 Å². The van der Waals surface area contributed by atoms with Crippen LogP contribution in [0.2, 0.25) is 0 Å². The molecule has 0 bridgehead atoms. The fraction of sp³-hybridized carbons (Fsp3) is 0.929. The first-order valence-corrected chi connectivity index (χ1v) is 7.30. The Labute approximate surface area is 110 Å². The summed E-state index contributed by atoms with van der Waals surface area (Å²) in [6.45, 7) is 1.44. The van der Waals surface area contributed by atoms with E-state index in [1.165, 1.54) is 25.7 Å². The fourth-order valence-electron chi connectivity index (χ4n) is 3.20. The average molecular weight is 254 g/mol. The van der Waals surface area contributed by atoms with Gasteiger partial charge in [-0.3, -0.25) is 4.79 Å². The molecule has 1 aliphatic heterocycles. The molecule has 2 fully saturated rings. The summed E-state index contributed by atoms with van der Waals surface area (Å²) in [4.78, 5) is 13.1. The Morgan fingerprint density at radius 3 is 2.78 bits per heavy atom. The molecule has 2 atom stereocenters. The van der Waals surface area contributed by atoms with Crippen molar-refractivity contribution in [2.24, 2.45) is 5.92 Å². The van der Waals surface area contributed by atoms with Crippen molar-refractivity contribution >= 4 is 5.91 Å². The number of hydrogen-bond acceptors (Lipinski definition) is 3. The molecule has 0 radical (unpaired) electrons. The molecule has 0 aromatic heterocycles. The number of carbonyl (C=O) groups excluding carboxylic acids is 1. The maximum Gasteiger partial charge on any atom is 0.222 e. The Hall–Kier alpha value is -0.610. The van der Waals surface area contributed by atoms with Crippen LogP contribution in [-0.2, 0) is 4.79 Å². The number of nitrogens with one attached hydrogen (secondary N) is 1. The minimum absolute atomic E-state index is 0.226. The third-order valence-corrected chi connectivity index (χ3v) is 4.35. The van der Waals surface area contributed by atoms with E-state index >= 15 is 0 Å². The summed E-state index contributed by atoms with van der Waals surface area (Å²) >= 11 is 0. The van der Waals surface area contributed by atoms with E-state index in [0.717, 1.165) is 25.3 Å². The number of hydrogen-bond donors (Lipinski definition) is 2. The Morgan fingerprint density at radius 2 is 2.11 bits per heavy atom. The highest BCUT2D eigenvalue weighted by atomic mass is 16.3. The number of likely N-dealkylation sites (tertiary alicyclic amines) is 1. The normalized spacial score (nSPS) is 27.8. The van der Waals surface area contributed by atoms with Gasteiger partial charge in [0.1, 0.15) is 0 Å². The second kappa shape index (κ2) is 6.53. The lowest BCUT2D eigenvalue weighted by molar-refractivity contribution is -0.132. The van der Waals surface area contributed by atoms with Crippen LogP contribution in [-0.4, -0.2) is 48.2 Å². The molecular formula is C14H26N2O2. The van der Waals surface area contributed by atoms with Crippen molar-refractivity contribution < 1.29 is 9.90 Å². The number of nitrogens with zero attached hydrogens (tertiary/aromatic N) is 1. The summed E-state index contributed by atoms with van der Waals surface area (Å²) in [6, 6.07) is 0.353. The quantitative estimate of drug-likeness (QED) is 0.773. The smallest absolute Gasteiger partial charge is 0.222 e. The minimum atomic E-state index is -0.226. The van der Waals surface area contributed by atoms with Crippen molar-refractivity contribution in [2.75, 3.05) is 20.1 Å². The van der Waals surface area contributed by atoms with E-state index in [0.29, 0.717) is 19.0 Å². The molecule has 18 heavy (non-hydrogen) atoms. The van der Waals surface area contributed by atoms with Crippen LogP contribution in [0.1, 0.15) is 44.9 Å². The lowest BCUT2D eigenvalue weighted by Gasteiger charge is -2.31. The fourth-order valence-corrected chi connectivity index (χ4v) is 3.20. The molecule has 2 unspecified atom stereocenters. The topological polar surface area (TPSA) is 52.6 Å². The van der Waals surface area contributed by atoms with Gasteiger partial charge in [-0.2, -0.15) is 0 Å². The van der Waals surface area contributed by atoms with E-state index < -0.39 is 0 Å². The molecule has 1 amide bonds. The second-order valence-corrected chi connectivity index (χ2v) is 5.96. The molecule has 0 aromatic carbocycles. The van der Waals surface area contributed by atoms with E-state index in [2.05, 4.69) is 5.32 Å². The van der Waals surface area contributed by atoms with Crippen molar-refractivity contribution in [1.29, 1.82) is 0 Å². The first-order chi connectivity index (χ1) is 8.65. The molecule has 2 N–H and O–H groups in total. The summed E-state index contributed by atoms with van der Waals surface area (Å²) in [5.74, 6) is 0.969. The van der Waals surface area contributed by atoms with Gasteiger partial charge in [-0.25, -0.2) is 0 Å². The van der Waals surface area contributed by atoms with Crippen LogP contribution in [0.15, 0.2) is 0 Å². The maximum atomic E-state index is 11.4. The Kier molecular flexibility index (Phi) is 5.01. The zero-order chi connectivity index (χ0) is 13.0. The third kappa shape index (κ3) is 3.95. The van der Waals surface area contributed by atoms with Crippen molar-refractivity contribution in [3.05, 3.63) is 0 Å². The molecule has 0 spiro atoms. The first kappa shape index (κ1) is 13.8. The number of aliphatic hydroxyl groups excluding tert-OH is 1. The van der Waals surface area contributed by atoms with Gasteiger partial charge in [-0.15, -0.1) is 0 Å². The monoisotopic (exact) mass is 254 g/mol. The van der Waals surface area contributed by atoms with Crippen LogP contribution in [0.4, 0.5) is 0 Å². The number of rotatable bonds is 5. The molecular weight excluding hydrogens is 228 g/mol. The van der Waals surface area contributed by atoms with Crippen LogP contribution in [0.25, 0.3) is 0 Å². The summed E-state index contributed by atoms with van der Waals surface area (Å²) in [6.07, 6.45) is 7.49. The van der Waals surface area contributed by atoms with Gasteiger partial charge in [0.15, 0.2) is 0 Å². The van der Waals surface area contributed by atoms with Crippen LogP contribution < -0.4 is 5.32 Å². The van der Waals surface area contributed by atoms with Gasteiger partial charge in [0, 0.05) is 32.6 Å². The largest absolute Gasteiger partial charge is 0.392 e. The van der Waals surface area contributed by atoms with Crippen molar-refractivity contribution in [2.45, 2.75) is 57.1 Å². The van der Waals surface area contributed by atoms with E-state index in [9.17, 15) is 9.90 Å². The van der Waals surface area contributed by atoms with Crippen LogP contribution in [0.3, 0.4) is 0 Å². The number of amides is 1. The average Bonchev–Trinajstić information content (AvgIpc) is 2.83. The second-order valence-electron chi connectivity index (χ2n) is 5.96. The molecule has 104 valence electrons. The molecule has 1 heterocycles. The molecule has 4 nitrogen and oxygen atoms in total. The molecule has 1 saturated carbocycles. The Morgan fingerprint density at radius 1 is 1.39 bits per heavy atom. The summed E-state index contributed by atoms with van der Waals surface area (Å²) in [5, 5.41) is 13.4. The first-order valence-electron chi connectivity index (χ1n) is 7.30. The molecule has 2 aliphatic rings. The van der Waals surface area contributed by atoms with Gasteiger partial charge in [-0.05, 0) is 18.8 Å². The predicted molar refractivity (Wildman–Crippen MR) is 71.2 cm³/mol. The third-order valence-electron chi connectivity index (χ3n) is 4.35. The lowest BCUT2D eigenvalue weighted by Crippen LogP contribution is -2.48. The molecule has 0 aromatic rings. The van der Waals surface area contributed by atoms with Crippen molar-refractivity contribution in [3.8, 4) is 0 Å².